The second-order valence-electron chi connectivity index (χ2n) is 10.5. The number of phenols is 6. The minimum Gasteiger partial charge on any atom is -0.504 e. The van der Waals surface area contributed by atoms with Gasteiger partial charge in [0.15, 0.2) is 40.3 Å². The molecule has 0 saturated heterocycles. The van der Waals surface area contributed by atoms with Gasteiger partial charge >= 0.3 is 11.9 Å². The van der Waals surface area contributed by atoms with Gasteiger partial charge in [-0.15, -0.1) is 0 Å². The molecule has 48 heavy (non-hydrogen) atoms. The van der Waals surface area contributed by atoms with Crippen LogP contribution >= 0.6 is 0 Å². The maximum atomic E-state index is 14.0. The molecule has 0 fully saturated rings. The summed E-state index contributed by atoms with van der Waals surface area (Å²) in [6.45, 7) is 0. The molecule has 9 N–H and O–H groups in total. The van der Waals surface area contributed by atoms with Gasteiger partial charge in [-0.3, -0.25) is 9.59 Å². The summed E-state index contributed by atoms with van der Waals surface area (Å²) in [5, 5.41) is 90.2. The Kier molecular flexibility index (Phi) is 10.0. The number of rotatable bonds is 10. The third-order valence-electron chi connectivity index (χ3n) is 7.26. The molecule has 3 atom stereocenters. The molecule has 1 aliphatic carbocycles. The summed E-state index contributed by atoms with van der Waals surface area (Å²) in [6.07, 6.45) is 0.0621. The van der Waals surface area contributed by atoms with E-state index in [0.717, 1.165) is 60.7 Å². The largest absolute Gasteiger partial charge is 0.504 e. The molecule has 1 aliphatic rings. The number of carboxylic acid groups (broad SMARTS) is 1. The van der Waals surface area contributed by atoms with Crippen LogP contribution in [0.25, 0.3) is 18.2 Å². The molecule has 14 heteroatoms. The normalized spacial score (nSPS) is 19.6. The van der Waals surface area contributed by atoms with Crippen molar-refractivity contribution in [3.63, 3.8) is 0 Å². The molecule has 14 nitrogen and oxygen atoms in total. The van der Waals surface area contributed by atoms with Gasteiger partial charge in [-0.1, -0.05) is 30.4 Å². The first kappa shape index (κ1) is 34.5. The molecule has 0 saturated carbocycles. The number of ether oxygens (including phenoxy) is 1. The van der Waals surface area contributed by atoms with Crippen LogP contribution in [-0.4, -0.2) is 87.3 Å². The van der Waals surface area contributed by atoms with Gasteiger partial charge in [0.05, 0.1) is 17.3 Å². The number of esters is 1. The van der Waals surface area contributed by atoms with Crippen LogP contribution in [0.15, 0.2) is 84.0 Å². The summed E-state index contributed by atoms with van der Waals surface area (Å²) >= 11 is 0. The molecule has 0 amide bonds. The highest BCUT2D eigenvalue weighted by molar-refractivity contribution is 6.20. The number of aliphatic hydroxyl groups is 2. The average molecular weight is 661 g/mol. The third-order valence-corrected chi connectivity index (χ3v) is 7.26. The van der Waals surface area contributed by atoms with Crippen molar-refractivity contribution >= 4 is 41.7 Å². The molecular formula is C34H28O14. The smallest absolute Gasteiger partial charge is 0.332 e. The fourth-order valence-corrected chi connectivity index (χ4v) is 4.86. The Morgan fingerprint density at radius 2 is 1.08 bits per heavy atom. The van der Waals surface area contributed by atoms with Crippen molar-refractivity contribution in [2.45, 2.75) is 24.2 Å². The summed E-state index contributed by atoms with van der Waals surface area (Å²) < 4.78 is 5.44. The highest BCUT2D eigenvalue weighted by Crippen LogP contribution is 2.40. The van der Waals surface area contributed by atoms with Crippen molar-refractivity contribution in [2.75, 3.05) is 0 Å². The summed E-state index contributed by atoms with van der Waals surface area (Å²) in [5.74, 6) is -8.93. The predicted molar refractivity (Wildman–Crippen MR) is 167 cm³/mol. The summed E-state index contributed by atoms with van der Waals surface area (Å²) in [5.41, 5.74) is -4.69. The topological polar surface area (TPSA) is 260 Å². The van der Waals surface area contributed by atoms with Gasteiger partial charge in [0.2, 0.25) is 11.4 Å². The average Bonchev–Trinajstić information content (AvgIpc) is 3.04. The van der Waals surface area contributed by atoms with Gasteiger partial charge < -0.3 is 50.7 Å². The second kappa shape index (κ2) is 13.9. The first-order chi connectivity index (χ1) is 22.6. The number of benzene rings is 3. The van der Waals surface area contributed by atoms with Crippen LogP contribution in [0.3, 0.4) is 0 Å². The van der Waals surface area contributed by atoms with Crippen molar-refractivity contribution in [3.8, 4) is 34.5 Å². The lowest BCUT2D eigenvalue weighted by Gasteiger charge is -2.42. The van der Waals surface area contributed by atoms with E-state index in [2.05, 4.69) is 0 Å². The van der Waals surface area contributed by atoms with E-state index in [0.29, 0.717) is 12.2 Å². The number of aromatic hydroxyl groups is 6. The summed E-state index contributed by atoms with van der Waals surface area (Å²) in [4.78, 5) is 53.5. The number of aliphatic carboxylic acids is 1. The number of carbonyl (C=O) groups is 4. The van der Waals surface area contributed by atoms with Gasteiger partial charge in [0, 0.05) is 12.5 Å². The van der Waals surface area contributed by atoms with Crippen LogP contribution in [0.5, 0.6) is 34.5 Å². The number of hydrogen-bond donors (Lipinski definition) is 9. The molecule has 0 radical (unpaired) electrons. The van der Waals surface area contributed by atoms with Gasteiger partial charge in [0.25, 0.3) is 0 Å². The van der Waals surface area contributed by atoms with E-state index in [9.17, 15) is 65.1 Å². The van der Waals surface area contributed by atoms with Crippen LogP contribution in [-0.2, 0) is 23.9 Å². The molecule has 3 aromatic carbocycles. The number of aliphatic hydroxyl groups excluding tert-OH is 2. The van der Waals surface area contributed by atoms with Crippen LogP contribution < -0.4 is 0 Å². The van der Waals surface area contributed by atoms with E-state index < -0.39 is 93.4 Å². The Morgan fingerprint density at radius 1 is 0.646 bits per heavy atom. The summed E-state index contributed by atoms with van der Waals surface area (Å²) in [7, 11) is 0. The standard InChI is InChI=1S/C34H28O14/c35-21-7-1-17(13-25(21)39)4-10-24(38)31-20(33(46)47)16-28(42)32(45)34(31,29(43)11-5-18-2-8-22(36)26(40)14-18)48-30(44)12-6-19-3-9-23(37)27(41)15-19/h1-15,28,32,35-37,39-42,45H,16H2,(H,46,47). The fraction of sp³-hybridized carbons (Fsp3) is 0.118. The van der Waals surface area contributed by atoms with Gasteiger partial charge in [-0.2, -0.15) is 0 Å². The van der Waals surface area contributed by atoms with Crippen molar-refractivity contribution < 1.29 is 69.9 Å². The molecular weight excluding hydrogens is 632 g/mol. The maximum Gasteiger partial charge on any atom is 0.332 e. The van der Waals surface area contributed by atoms with E-state index in [1.165, 1.54) is 18.2 Å². The highest BCUT2D eigenvalue weighted by Gasteiger charge is 2.59. The predicted octanol–water partition coefficient (Wildman–Crippen LogP) is 2.29. The number of carboxylic acids is 1. The molecule has 0 bridgehead atoms. The van der Waals surface area contributed by atoms with Crippen molar-refractivity contribution in [1.29, 1.82) is 0 Å². The Morgan fingerprint density at radius 3 is 1.52 bits per heavy atom. The second-order valence-corrected chi connectivity index (χ2v) is 10.5. The van der Waals surface area contributed by atoms with Crippen LogP contribution in [0, 0.1) is 0 Å². The zero-order valence-corrected chi connectivity index (χ0v) is 24.6. The van der Waals surface area contributed by atoms with Crippen molar-refractivity contribution in [2.24, 2.45) is 0 Å². The molecule has 0 spiro atoms. The minimum atomic E-state index is -3.18. The zero-order chi connectivity index (χ0) is 35.3. The third kappa shape index (κ3) is 7.20. The quantitative estimate of drug-likeness (QED) is 0.0859. The molecule has 4 rings (SSSR count). The van der Waals surface area contributed by atoms with E-state index in [4.69, 9.17) is 4.74 Å². The van der Waals surface area contributed by atoms with Crippen LogP contribution in [0.4, 0.5) is 0 Å². The number of hydrogen-bond acceptors (Lipinski definition) is 13. The molecule has 0 aliphatic heterocycles. The summed E-state index contributed by atoms with van der Waals surface area (Å²) in [6, 6.07) is 10.3. The molecule has 3 unspecified atom stereocenters. The molecule has 0 aromatic heterocycles. The van der Waals surface area contributed by atoms with Crippen molar-refractivity contribution in [3.05, 3.63) is 101 Å². The highest BCUT2D eigenvalue weighted by atomic mass is 16.6. The lowest BCUT2D eigenvalue weighted by Crippen LogP contribution is -2.62. The monoisotopic (exact) mass is 660 g/mol. The number of phenolic OH excluding ortho intramolecular Hbond substituents is 6. The Bertz CT molecular complexity index is 1920. The van der Waals surface area contributed by atoms with Gasteiger partial charge in [-0.05, 0) is 71.3 Å². The van der Waals surface area contributed by atoms with Crippen molar-refractivity contribution in [1.82, 2.24) is 0 Å². The van der Waals surface area contributed by atoms with Gasteiger partial charge in [-0.25, -0.2) is 9.59 Å². The van der Waals surface area contributed by atoms with E-state index in [1.54, 1.807) is 0 Å². The van der Waals surface area contributed by atoms with Crippen LogP contribution in [0.2, 0.25) is 0 Å². The minimum absolute atomic E-state index is 0.0976. The van der Waals surface area contributed by atoms with Gasteiger partial charge in [0.1, 0.15) is 6.10 Å². The Hall–Kier alpha value is -6.38. The van der Waals surface area contributed by atoms with E-state index in [-0.39, 0.29) is 16.7 Å². The van der Waals surface area contributed by atoms with E-state index in [1.807, 2.05) is 0 Å². The molecule has 3 aromatic rings. The zero-order valence-electron chi connectivity index (χ0n) is 24.6. The molecule has 0 heterocycles. The fourth-order valence-electron chi connectivity index (χ4n) is 4.86. The SMILES string of the molecule is O=C(C=Cc1ccc(O)c(O)c1)OC1(C(=O)C=Cc2ccc(O)c(O)c2)C(C(=O)C=Cc2ccc(O)c(O)c2)=C(C(=O)O)CC(O)C1O. The first-order valence-corrected chi connectivity index (χ1v) is 13.9. The Labute approximate surface area is 271 Å². The number of allylic oxidation sites excluding steroid dienone is 1. The number of carbonyl (C=O) groups excluding carboxylic acids is 3. The van der Waals surface area contributed by atoms with E-state index >= 15 is 0 Å². The molecule has 248 valence electrons. The lowest BCUT2D eigenvalue weighted by molar-refractivity contribution is -0.179. The first-order valence-electron chi connectivity index (χ1n) is 13.9. The Balaban J connectivity index is 1.88. The number of ketones is 2. The van der Waals surface area contributed by atoms with Crippen LogP contribution in [0.1, 0.15) is 23.1 Å². The maximum absolute atomic E-state index is 14.0. The lowest BCUT2D eigenvalue weighted by atomic mass is 9.70.